The van der Waals surface area contributed by atoms with Gasteiger partial charge in [0, 0.05) is 7.11 Å². The Labute approximate surface area is 141 Å². The van der Waals surface area contributed by atoms with Gasteiger partial charge in [0.15, 0.2) is 11.8 Å². The van der Waals surface area contributed by atoms with Crippen LogP contribution in [0, 0.1) is 0 Å². The fourth-order valence-corrected chi connectivity index (χ4v) is 3.48. The van der Waals surface area contributed by atoms with E-state index in [9.17, 15) is 4.79 Å². The number of rotatable bonds is 6. The molecule has 116 valence electrons. The summed E-state index contributed by atoms with van der Waals surface area (Å²) in [5.74, 6) is 0.686. The summed E-state index contributed by atoms with van der Waals surface area (Å²) in [4.78, 5) is 12.4. The van der Waals surface area contributed by atoms with E-state index in [0.29, 0.717) is 21.4 Å². The van der Waals surface area contributed by atoms with Crippen LogP contribution in [-0.2, 0) is 4.74 Å². The Morgan fingerprint density at radius 2 is 1.68 bits per heavy atom. The average Bonchev–Trinajstić information content (AvgIpc) is 2.49. The molecule has 0 saturated carbocycles. The van der Waals surface area contributed by atoms with Crippen LogP contribution in [0.2, 0.25) is 10.0 Å². The van der Waals surface area contributed by atoms with Gasteiger partial charge in [0.05, 0.1) is 15.6 Å². The first-order chi connectivity index (χ1) is 10.5. The monoisotopic (exact) mass is 356 g/mol. The second-order valence-corrected chi connectivity index (χ2v) is 6.59. The quantitative estimate of drug-likeness (QED) is 0.564. The molecule has 3 nitrogen and oxygen atoms in total. The van der Waals surface area contributed by atoms with Crippen molar-refractivity contribution >= 4 is 42.6 Å². The Hall–Kier alpha value is -1.12. The van der Waals surface area contributed by atoms with Crippen molar-refractivity contribution < 1.29 is 14.3 Å². The molecule has 0 saturated heterocycles. The van der Waals surface area contributed by atoms with Crippen molar-refractivity contribution in [2.45, 2.75) is 13.2 Å². The largest absolute Gasteiger partial charge is 0.465 e. The summed E-state index contributed by atoms with van der Waals surface area (Å²) in [5.41, 5.74) is 0.284. The van der Waals surface area contributed by atoms with E-state index < -0.39 is 0 Å². The minimum absolute atomic E-state index is 0.0536. The highest BCUT2D eigenvalue weighted by Gasteiger charge is 2.15. The van der Waals surface area contributed by atoms with Crippen molar-refractivity contribution in [3.63, 3.8) is 0 Å². The highest BCUT2D eigenvalue weighted by Crippen LogP contribution is 2.30. The SMILES string of the molecule is COC(C)Oc1ccc(PC(=O)c2c(Cl)cccc2Cl)cc1. The van der Waals surface area contributed by atoms with E-state index in [1.54, 1.807) is 44.4 Å². The molecule has 0 aliphatic heterocycles. The summed E-state index contributed by atoms with van der Waals surface area (Å²) in [5, 5.41) is 1.64. The Balaban J connectivity index is 2.09. The molecule has 0 heterocycles. The normalized spacial score (nSPS) is 12.5. The maximum Gasteiger partial charge on any atom is 0.196 e. The van der Waals surface area contributed by atoms with Gasteiger partial charge in [-0.25, -0.2) is 0 Å². The fraction of sp³-hybridized carbons (Fsp3) is 0.188. The van der Waals surface area contributed by atoms with Gasteiger partial charge in [-0.3, -0.25) is 4.79 Å². The molecule has 2 unspecified atom stereocenters. The molecule has 6 heteroatoms. The minimum atomic E-state index is -0.322. The van der Waals surface area contributed by atoms with Crippen molar-refractivity contribution in [3.05, 3.63) is 58.1 Å². The van der Waals surface area contributed by atoms with Crippen LogP contribution in [0.4, 0.5) is 0 Å². The van der Waals surface area contributed by atoms with Gasteiger partial charge in [-0.1, -0.05) is 41.4 Å². The van der Waals surface area contributed by atoms with Crippen molar-refractivity contribution in [1.82, 2.24) is 0 Å². The number of carbonyl (C=O) groups is 1. The molecule has 2 aromatic rings. The van der Waals surface area contributed by atoms with Crippen LogP contribution in [0.25, 0.3) is 0 Å². The fourth-order valence-electron chi connectivity index (χ4n) is 1.76. The van der Waals surface area contributed by atoms with Crippen molar-refractivity contribution in [2.75, 3.05) is 7.11 Å². The lowest BCUT2D eigenvalue weighted by molar-refractivity contribution is -0.0382. The number of hydrogen-bond acceptors (Lipinski definition) is 3. The van der Waals surface area contributed by atoms with E-state index in [1.807, 2.05) is 12.1 Å². The van der Waals surface area contributed by atoms with Crippen molar-refractivity contribution in [1.29, 1.82) is 0 Å². The second-order valence-electron chi connectivity index (χ2n) is 4.50. The van der Waals surface area contributed by atoms with Crippen LogP contribution in [0.3, 0.4) is 0 Å². The van der Waals surface area contributed by atoms with Gasteiger partial charge < -0.3 is 9.47 Å². The zero-order chi connectivity index (χ0) is 16.1. The first-order valence-electron chi connectivity index (χ1n) is 6.56. The molecule has 2 atom stereocenters. The number of halogens is 2. The van der Waals surface area contributed by atoms with Crippen LogP contribution in [0.5, 0.6) is 5.75 Å². The number of benzene rings is 2. The summed E-state index contributed by atoms with van der Waals surface area (Å²) in [6.45, 7) is 1.80. The highest BCUT2D eigenvalue weighted by molar-refractivity contribution is 7.66. The molecule has 0 amide bonds. The Bertz CT molecular complexity index is 639. The molecule has 2 rings (SSSR count). The summed E-state index contributed by atoms with van der Waals surface area (Å²) in [6.07, 6.45) is -0.322. The first-order valence-corrected chi connectivity index (χ1v) is 8.31. The molecule has 2 aromatic carbocycles. The predicted octanol–water partition coefficient (Wildman–Crippen LogP) is 4.51. The molecule has 0 radical (unpaired) electrons. The molecule has 0 aliphatic rings. The topological polar surface area (TPSA) is 35.5 Å². The van der Waals surface area contributed by atoms with Gasteiger partial charge in [0.25, 0.3) is 0 Å². The molecule has 0 spiro atoms. The smallest absolute Gasteiger partial charge is 0.196 e. The molecule has 0 bridgehead atoms. The van der Waals surface area contributed by atoms with E-state index in [-0.39, 0.29) is 20.4 Å². The van der Waals surface area contributed by atoms with E-state index >= 15 is 0 Å². The Morgan fingerprint density at radius 3 is 2.23 bits per heavy atom. The maximum absolute atomic E-state index is 12.4. The number of hydrogen-bond donors (Lipinski definition) is 0. The maximum atomic E-state index is 12.4. The second kappa shape index (κ2) is 7.94. The lowest BCUT2D eigenvalue weighted by Crippen LogP contribution is -2.13. The molecular formula is C16H15Cl2O3P. The van der Waals surface area contributed by atoms with Crippen LogP contribution in [0.1, 0.15) is 17.3 Å². The lowest BCUT2D eigenvalue weighted by Gasteiger charge is -2.12. The van der Waals surface area contributed by atoms with Gasteiger partial charge in [-0.2, -0.15) is 0 Å². The van der Waals surface area contributed by atoms with Crippen LogP contribution >= 0.6 is 31.8 Å². The molecule has 0 fully saturated rings. The third kappa shape index (κ3) is 4.44. The Kier molecular flexibility index (Phi) is 6.22. The number of ether oxygens (including phenoxy) is 2. The van der Waals surface area contributed by atoms with Gasteiger partial charge >= 0.3 is 0 Å². The molecule has 0 aromatic heterocycles. The Morgan fingerprint density at radius 1 is 1.09 bits per heavy atom. The summed E-state index contributed by atoms with van der Waals surface area (Å²) in [7, 11) is 1.52. The van der Waals surface area contributed by atoms with Gasteiger partial charge in [0.1, 0.15) is 5.75 Å². The lowest BCUT2D eigenvalue weighted by atomic mass is 10.2. The van der Waals surface area contributed by atoms with E-state index in [4.69, 9.17) is 32.7 Å². The summed E-state index contributed by atoms with van der Waals surface area (Å²) in [6, 6.07) is 12.3. The highest BCUT2D eigenvalue weighted by atomic mass is 35.5. The third-order valence-electron chi connectivity index (χ3n) is 2.94. The van der Waals surface area contributed by atoms with Gasteiger partial charge in [0.2, 0.25) is 0 Å². The first kappa shape index (κ1) is 17.2. The van der Waals surface area contributed by atoms with E-state index in [0.717, 1.165) is 5.30 Å². The van der Waals surface area contributed by atoms with Crippen LogP contribution in [-0.4, -0.2) is 18.9 Å². The third-order valence-corrected chi connectivity index (χ3v) is 4.66. The van der Waals surface area contributed by atoms with E-state index in [1.165, 1.54) is 0 Å². The standard InChI is InChI=1S/C16H15Cl2O3P/c1-10(20-2)21-11-6-8-12(9-7-11)22-16(19)15-13(17)4-3-5-14(15)18/h3-10,22H,1-2H3. The number of carbonyl (C=O) groups excluding carboxylic acids is 1. The summed E-state index contributed by atoms with van der Waals surface area (Å²) >= 11 is 12.1. The van der Waals surface area contributed by atoms with Crippen molar-refractivity contribution in [3.8, 4) is 5.75 Å². The molecular weight excluding hydrogens is 342 g/mol. The van der Waals surface area contributed by atoms with Crippen molar-refractivity contribution in [2.24, 2.45) is 0 Å². The minimum Gasteiger partial charge on any atom is -0.465 e. The number of methoxy groups -OCH3 is 1. The van der Waals surface area contributed by atoms with E-state index in [2.05, 4.69) is 0 Å². The van der Waals surface area contributed by atoms with Gasteiger partial charge in [-0.15, -0.1) is 0 Å². The molecule has 0 aliphatic carbocycles. The predicted molar refractivity (Wildman–Crippen MR) is 92.3 cm³/mol. The molecule has 22 heavy (non-hydrogen) atoms. The van der Waals surface area contributed by atoms with Crippen LogP contribution in [0.15, 0.2) is 42.5 Å². The molecule has 0 N–H and O–H groups in total. The zero-order valence-corrected chi connectivity index (χ0v) is 14.6. The summed E-state index contributed by atoms with van der Waals surface area (Å²) < 4.78 is 10.5. The van der Waals surface area contributed by atoms with Crippen LogP contribution < -0.4 is 10.0 Å². The average molecular weight is 357 g/mol. The zero-order valence-electron chi connectivity index (χ0n) is 12.1. The van der Waals surface area contributed by atoms with Gasteiger partial charge in [-0.05, 0) is 45.1 Å².